The number of aromatic nitrogens is 3. The van der Waals surface area contributed by atoms with E-state index in [1.807, 2.05) is 0 Å². The minimum absolute atomic E-state index is 0.541. The number of benzene rings is 2. The van der Waals surface area contributed by atoms with Gasteiger partial charge in [0.05, 0.1) is 0 Å². The first-order chi connectivity index (χ1) is 17.4. The van der Waals surface area contributed by atoms with Gasteiger partial charge in [-0.1, -0.05) is 92.4 Å². The van der Waals surface area contributed by atoms with Crippen molar-refractivity contribution in [2.24, 2.45) is 5.92 Å². The second-order valence-corrected chi connectivity index (χ2v) is 10.3. The van der Waals surface area contributed by atoms with Crippen molar-refractivity contribution in [2.45, 2.75) is 64.8 Å². The highest BCUT2D eigenvalue weighted by Crippen LogP contribution is 2.27. The fraction of sp³-hybridized carbons (Fsp3) is 0.355. The van der Waals surface area contributed by atoms with Crippen LogP contribution in [0.25, 0.3) is 5.69 Å². The summed E-state index contributed by atoms with van der Waals surface area (Å²) >= 11 is 1.73. The summed E-state index contributed by atoms with van der Waals surface area (Å²) < 4.78 is 2.21. The first-order valence-electron chi connectivity index (χ1n) is 12.8. The first-order valence-corrected chi connectivity index (χ1v) is 13.8. The Bertz CT molecular complexity index is 1200. The topological polar surface area (TPSA) is 42.7 Å². The van der Waals surface area contributed by atoms with Gasteiger partial charge in [0.25, 0.3) is 0 Å². The second-order valence-electron chi connectivity index (χ2n) is 9.38. The molecule has 0 bridgehead atoms. The van der Waals surface area contributed by atoms with Crippen LogP contribution in [0.5, 0.6) is 0 Å². The smallest absolute Gasteiger partial charge is 0.196 e. The number of hydrogen-bond acceptors (Lipinski definition) is 4. The molecule has 1 heterocycles. The molecule has 1 atom stereocenters. The van der Waals surface area contributed by atoms with Crippen molar-refractivity contribution in [3.8, 4) is 5.69 Å². The number of thioether (sulfide) groups is 1. The van der Waals surface area contributed by atoms with Gasteiger partial charge in [0, 0.05) is 30.1 Å². The van der Waals surface area contributed by atoms with E-state index in [-0.39, 0.29) is 0 Å². The molecule has 0 aliphatic rings. The zero-order valence-corrected chi connectivity index (χ0v) is 23.2. The van der Waals surface area contributed by atoms with E-state index in [0.717, 1.165) is 53.9 Å². The number of aryl methyl sites for hydroxylation is 3. The van der Waals surface area contributed by atoms with Gasteiger partial charge in [-0.3, -0.25) is 4.57 Å². The molecule has 0 radical (unpaired) electrons. The molecule has 1 N–H and O–H groups in total. The molecule has 190 valence electrons. The Hall–Kier alpha value is -3.05. The molecule has 0 amide bonds. The van der Waals surface area contributed by atoms with Gasteiger partial charge < -0.3 is 5.32 Å². The van der Waals surface area contributed by atoms with Crippen LogP contribution >= 0.6 is 11.8 Å². The van der Waals surface area contributed by atoms with Crippen LogP contribution in [0.3, 0.4) is 0 Å². The van der Waals surface area contributed by atoms with Gasteiger partial charge in [-0.2, -0.15) is 0 Å². The molecule has 1 unspecified atom stereocenters. The van der Waals surface area contributed by atoms with E-state index in [2.05, 4.69) is 128 Å². The van der Waals surface area contributed by atoms with Gasteiger partial charge in [-0.15, -0.1) is 10.2 Å². The average molecular weight is 501 g/mol. The third-order valence-corrected chi connectivity index (χ3v) is 7.35. The molecule has 0 saturated carbocycles. The summed E-state index contributed by atoms with van der Waals surface area (Å²) in [4.78, 5) is 0. The molecule has 0 saturated heterocycles. The van der Waals surface area contributed by atoms with E-state index in [9.17, 15) is 0 Å². The van der Waals surface area contributed by atoms with Crippen LogP contribution in [0, 0.1) is 19.8 Å². The van der Waals surface area contributed by atoms with Crippen molar-refractivity contribution in [2.75, 3.05) is 6.54 Å². The Kier molecular flexibility index (Phi) is 10.6. The van der Waals surface area contributed by atoms with Crippen LogP contribution in [0.4, 0.5) is 0 Å². The molecule has 36 heavy (non-hydrogen) atoms. The van der Waals surface area contributed by atoms with Crippen molar-refractivity contribution in [3.63, 3.8) is 0 Å². The Labute approximate surface area is 221 Å². The second kappa shape index (κ2) is 13.9. The van der Waals surface area contributed by atoms with Gasteiger partial charge >= 0.3 is 0 Å². The molecule has 3 rings (SSSR count). The minimum atomic E-state index is 0.541. The molecule has 1 aromatic heterocycles. The van der Waals surface area contributed by atoms with E-state index in [0.29, 0.717) is 5.92 Å². The van der Waals surface area contributed by atoms with Crippen LogP contribution in [-0.2, 0) is 12.2 Å². The average Bonchev–Trinajstić information content (AvgIpc) is 3.28. The summed E-state index contributed by atoms with van der Waals surface area (Å²) in [6, 6.07) is 17.2. The summed E-state index contributed by atoms with van der Waals surface area (Å²) in [5.74, 6) is 2.36. The number of nitrogens with one attached hydrogen (secondary N) is 1. The molecule has 0 aliphatic heterocycles. The Morgan fingerprint density at radius 1 is 1.11 bits per heavy atom. The summed E-state index contributed by atoms with van der Waals surface area (Å²) in [5, 5.41) is 13.7. The van der Waals surface area contributed by atoms with Crippen LogP contribution < -0.4 is 5.32 Å². The number of nitrogens with zero attached hydrogens (tertiary/aromatic N) is 3. The predicted octanol–water partition coefficient (Wildman–Crippen LogP) is 7.76. The molecule has 4 nitrogen and oxygen atoms in total. The van der Waals surface area contributed by atoms with Crippen molar-refractivity contribution < 1.29 is 0 Å². The Morgan fingerprint density at radius 3 is 2.56 bits per heavy atom. The van der Waals surface area contributed by atoms with E-state index in [4.69, 9.17) is 0 Å². The number of allylic oxidation sites excluding steroid dienone is 4. The third kappa shape index (κ3) is 7.99. The molecule has 0 spiro atoms. The lowest BCUT2D eigenvalue weighted by Crippen LogP contribution is -2.19. The molecular formula is C31H40N4S. The molecule has 0 aliphatic carbocycles. The lowest BCUT2D eigenvalue weighted by molar-refractivity contribution is 0.618. The highest BCUT2D eigenvalue weighted by Gasteiger charge is 2.15. The van der Waals surface area contributed by atoms with Crippen molar-refractivity contribution >= 4 is 11.8 Å². The van der Waals surface area contributed by atoms with E-state index in [1.54, 1.807) is 11.8 Å². The molecule has 2 aromatic carbocycles. The third-order valence-electron chi connectivity index (χ3n) is 6.35. The fourth-order valence-corrected chi connectivity index (χ4v) is 4.90. The van der Waals surface area contributed by atoms with Crippen molar-refractivity contribution in [3.05, 3.63) is 107 Å². The quantitative estimate of drug-likeness (QED) is 0.192. The zero-order chi connectivity index (χ0) is 25.9. The fourth-order valence-electron chi connectivity index (χ4n) is 3.99. The number of hydrogen-bond donors (Lipinski definition) is 1. The standard InChI is InChI=1S/C31H40N4S/c1-7-9-15-28(25(5)8-2)21-32-26(6)17-18-30-33-34-31(35(30)29-16-11-13-24(4)20-29)36-22-27-14-10-12-23(3)19-27/h7,9-16,19-20,25,32H,6,8,17-18,21-22H2,1-5H3/b9-7-,28-15-. The molecular weight excluding hydrogens is 460 g/mol. The summed E-state index contributed by atoms with van der Waals surface area (Å²) in [6.07, 6.45) is 9.12. The maximum Gasteiger partial charge on any atom is 0.196 e. The van der Waals surface area contributed by atoms with Crippen molar-refractivity contribution in [1.29, 1.82) is 0 Å². The molecule has 3 aromatic rings. The largest absolute Gasteiger partial charge is 0.385 e. The Morgan fingerprint density at radius 2 is 1.86 bits per heavy atom. The SMILES string of the molecule is C=C(CCc1nnc(SCc2cccc(C)c2)n1-c1cccc(C)c1)NC/C(=C/C=C\C)C(C)CC. The van der Waals surface area contributed by atoms with Gasteiger partial charge in [0.15, 0.2) is 5.16 Å². The van der Waals surface area contributed by atoms with Crippen LogP contribution in [0.2, 0.25) is 0 Å². The van der Waals surface area contributed by atoms with Crippen molar-refractivity contribution in [1.82, 2.24) is 20.1 Å². The predicted molar refractivity (Wildman–Crippen MR) is 155 cm³/mol. The van der Waals surface area contributed by atoms with E-state index < -0.39 is 0 Å². The van der Waals surface area contributed by atoms with Gasteiger partial charge in [0.2, 0.25) is 0 Å². The van der Waals surface area contributed by atoms with Gasteiger partial charge in [-0.05, 0) is 68.4 Å². The number of rotatable bonds is 13. The maximum atomic E-state index is 4.60. The van der Waals surface area contributed by atoms with E-state index in [1.165, 1.54) is 22.3 Å². The van der Waals surface area contributed by atoms with Gasteiger partial charge in [-0.25, -0.2) is 0 Å². The van der Waals surface area contributed by atoms with E-state index >= 15 is 0 Å². The monoisotopic (exact) mass is 500 g/mol. The highest BCUT2D eigenvalue weighted by atomic mass is 32.2. The zero-order valence-electron chi connectivity index (χ0n) is 22.4. The summed E-state index contributed by atoms with van der Waals surface area (Å²) in [7, 11) is 0. The lowest BCUT2D eigenvalue weighted by Gasteiger charge is -2.17. The first kappa shape index (κ1) is 27.5. The normalized spacial score (nSPS) is 12.8. The molecule has 5 heteroatoms. The minimum Gasteiger partial charge on any atom is -0.385 e. The highest BCUT2D eigenvalue weighted by molar-refractivity contribution is 7.98. The van der Waals surface area contributed by atoms with Crippen LogP contribution in [0.1, 0.15) is 56.1 Å². The Balaban J connectivity index is 1.72. The van der Waals surface area contributed by atoms with Gasteiger partial charge in [0.1, 0.15) is 5.82 Å². The van der Waals surface area contributed by atoms with Crippen LogP contribution in [-0.4, -0.2) is 21.3 Å². The summed E-state index contributed by atoms with van der Waals surface area (Å²) in [6.45, 7) is 15.9. The lowest BCUT2D eigenvalue weighted by atomic mass is 9.97. The van der Waals surface area contributed by atoms with Crippen LogP contribution in [0.15, 0.2) is 89.8 Å². The maximum absolute atomic E-state index is 4.60. The summed E-state index contributed by atoms with van der Waals surface area (Å²) in [5.41, 5.74) is 7.32. The molecule has 0 fully saturated rings.